The number of fused-ring (bicyclic) bond motifs is 6. The summed E-state index contributed by atoms with van der Waals surface area (Å²) < 4.78 is 4.87. The van der Waals surface area contributed by atoms with Gasteiger partial charge in [0.05, 0.1) is 33.6 Å². The van der Waals surface area contributed by atoms with E-state index in [1.807, 2.05) is 0 Å². The van der Waals surface area contributed by atoms with Gasteiger partial charge in [0.2, 0.25) is 0 Å². The van der Waals surface area contributed by atoms with Crippen LogP contribution in [-0.4, -0.2) is 14.1 Å². The van der Waals surface area contributed by atoms with Crippen molar-refractivity contribution >= 4 is 38.8 Å². The molecule has 9 aromatic rings. The molecule has 0 radical (unpaired) electrons. The zero-order chi connectivity index (χ0) is 34.4. The van der Waals surface area contributed by atoms with Crippen LogP contribution < -0.4 is 0 Å². The number of hydrogen-bond donors (Lipinski definition) is 0. The summed E-state index contributed by atoms with van der Waals surface area (Å²) in [5.74, 6) is 0. The first-order valence-corrected chi connectivity index (χ1v) is 18.0. The molecule has 1 aliphatic rings. The molecule has 246 valence electrons. The van der Waals surface area contributed by atoms with Gasteiger partial charge in [0.1, 0.15) is 0 Å². The zero-order valence-corrected chi connectivity index (χ0v) is 28.7. The first kappa shape index (κ1) is 30.1. The van der Waals surface area contributed by atoms with Crippen LogP contribution in [0.25, 0.3) is 83.8 Å². The van der Waals surface area contributed by atoms with E-state index in [0.29, 0.717) is 0 Å². The van der Waals surface area contributed by atoms with Crippen LogP contribution in [0.5, 0.6) is 0 Å². The van der Waals surface area contributed by atoms with Crippen LogP contribution in [0.1, 0.15) is 17.7 Å². The van der Waals surface area contributed by atoms with Crippen LogP contribution in [0.4, 0.5) is 0 Å². The summed E-state index contributed by atoms with van der Waals surface area (Å²) in [4.78, 5) is 5.16. The van der Waals surface area contributed by atoms with E-state index in [1.54, 1.807) is 0 Å². The molecular weight excluding hydrogens is 631 g/mol. The van der Waals surface area contributed by atoms with Crippen molar-refractivity contribution in [2.24, 2.45) is 0 Å². The minimum absolute atomic E-state index is 0.953. The Morgan fingerprint density at radius 1 is 0.423 bits per heavy atom. The maximum absolute atomic E-state index is 5.16. The Kier molecular flexibility index (Phi) is 7.28. The fourth-order valence-electron chi connectivity index (χ4n) is 7.99. The Labute approximate surface area is 303 Å². The number of allylic oxidation sites excluding steroid dienone is 3. The molecule has 0 N–H and O–H groups in total. The molecule has 0 aliphatic heterocycles. The van der Waals surface area contributed by atoms with Crippen molar-refractivity contribution < 1.29 is 0 Å². The normalized spacial score (nSPS) is 13.9. The van der Waals surface area contributed by atoms with Gasteiger partial charge in [0, 0.05) is 44.2 Å². The van der Waals surface area contributed by atoms with Crippen LogP contribution >= 0.6 is 0 Å². The largest absolute Gasteiger partial charge is 0.313 e. The molecular formula is C49H35N3. The lowest BCUT2D eigenvalue weighted by atomic mass is 10.00. The second-order valence-corrected chi connectivity index (χ2v) is 13.5. The molecule has 0 bridgehead atoms. The quantitative estimate of drug-likeness (QED) is 0.179. The highest BCUT2D eigenvalue weighted by Gasteiger charge is 2.19. The summed E-state index contributed by atoms with van der Waals surface area (Å²) in [6, 6.07) is 58.9. The predicted octanol–water partition coefficient (Wildman–Crippen LogP) is 12.6. The fraction of sp³-hybridized carbons (Fsp3) is 0.0408. The van der Waals surface area contributed by atoms with Crippen molar-refractivity contribution in [3.8, 4) is 45.0 Å². The molecule has 0 saturated carbocycles. The van der Waals surface area contributed by atoms with E-state index in [4.69, 9.17) is 4.98 Å². The molecule has 0 amide bonds. The van der Waals surface area contributed by atoms with Crippen molar-refractivity contribution in [3.63, 3.8) is 0 Å². The van der Waals surface area contributed by atoms with E-state index in [1.165, 1.54) is 60.8 Å². The van der Waals surface area contributed by atoms with Crippen molar-refractivity contribution in [1.82, 2.24) is 14.1 Å². The molecule has 3 aromatic heterocycles. The first-order valence-electron chi connectivity index (χ1n) is 18.0. The first-order chi connectivity index (χ1) is 25.8. The second-order valence-electron chi connectivity index (χ2n) is 13.5. The Morgan fingerprint density at radius 2 is 1.06 bits per heavy atom. The Morgan fingerprint density at radius 3 is 1.81 bits per heavy atom. The molecule has 3 heteroatoms. The van der Waals surface area contributed by atoms with E-state index in [0.717, 1.165) is 41.0 Å². The average Bonchev–Trinajstić information content (AvgIpc) is 3.69. The standard InChI is InChI=1S/C49H35N3/c1-2-13-24-46-40(22-12-1)42-28-26-37(31-49(42)51(46)38-20-10-5-11-21-38)36-27-29-48-43(30-36)41-23-14-15-25-47(41)52(48)39-32-44(34-16-6-3-7-17-34)50-45(33-39)35-18-8-4-9-19-35/h1-12,14-23,25-33H,13,24H2/b2-1+,22-12-. The van der Waals surface area contributed by atoms with Gasteiger partial charge < -0.3 is 9.13 Å². The van der Waals surface area contributed by atoms with Crippen molar-refractivity contribution in [3.05, 3.63) is 193 Å². The highest BCUT2D eigenvalue weighted by atomic mass is 15.0. The van der Waals surface area contributed by atoms with Gasteiger partial charge in [-0.3, -0.25) is 0 Å². The van der Waals surface area contributed by atoms with Crippen molar-refractivity contribution in [2.75, 3.05) is 0 Å². The molecule has 10 rings (SSSR count). The number of benzene rings is 6. The lowest BCUT2D eigenvalue weighted by Crippen LogP contribution is -2.01. The highest BCUT2D eigenvalue weighted by molar-refractivity contribution is 6.11. The van der Waals surface area contributed by atoms with Crippen molar-refractivity contribution in [2.45, 2.75) is 12.8 Å². The van der Waals surface area contributed by atoms with Gasteiger partial charge >= 0.3 is 0 Å². The van der Waals surface area contributed by atoms with Gasteiger partial charge in [-0.2, -0.15) is 0 Å². The number of hydrogen-bond acceptors (Lipinski definition) is 1. The fourth-order valence-corrected chi connectivity index (χ4v) is 7.99. The molecule has 1 aliphatic carbocycles. The van der Waals surface area contributed by atoms with E-state index in [2.05, 4.69) is 197 Å². The Bertz CT molecular complexity index is 2760. The van der Waals surface area contributed by atoms with Gasteiger partial charge in [0.15, 0.2) is 0 Å². The summed E-state index contributed by atoms with van der Waals surface area (Å²) in [6.45, 7) is 0. The second kappa shape index (κ2) is 12.6. The number of rotatable bonds is 5. The van der Waals surface area contributed by atoms with Gasteiger partial charge in [-0.25, -0.2) is 4.98 Å². The van der Waals surface area contributed by atoms with Gasteiger partial charge in [-0.1, -0.05) is 140 Å². The molecule has 0 fully saturated rings. The molecule has 3 nitrogen and oxygen atoms in total. The summed E-state index contributed by atoms with van der Waals surface area (Å²) in [6.07, 6.45) is 10.9. The monoisotopic (exact) mass is 665 g/mol. The van der Waals surface area contributed by atoms with Crippen LogP contribution in [0.3, 0.4) is 0 Å². The summed E-state index contributed by atoms with van der Waals surface area (Å²) in [7, 11) is 0. The molecule has 52 heavy (non-hydrogen) atoms. The number of para-hydroxylation sites is 2. The number of nitrogens with zero attached hydrogens (tertiary/aromatic N) is 3. The zero-order valence-electron chi connectivity index (χ0n) is 28.7. The van der Waals surface area contributed by atoms with E-state index >= 15 is 0 Å². The Hall–Kier alpha value is -6.71. The van der Waals surface area contributed by atoms with Gasteiger partial charge in [-0.15, -0.1) is 0 Å². The minimum atomic E-state index is 0.953. The molecule has 6 aromatic carbocycles. The predicted molar refractivity (Wildman–Crippen MR) is 218 cm³/mol. The SMILES string of the molecule is C1=C\c2c(n(-c3ccccc3)c3cc(-c4ccc5c(c4)c4ccccc4n5-c4cc(-c5ccccc5)nc(-c5ccccc5)c4)ccc23)CC/C=C/1. The third-order valence-corrected chi connectivity index (χ3v) is 10.4. The molecule has 3 heterocycles. The van der Waals surface area contributed by atoms with Crippen LogP contribution in [0.15, 0.2) is 182 Å². The lowest BCUT2D eigenvalue weighted by molar-refractivity contribution is 0.896. The molecule has 0 saturated heterocycles. The summed E-state index contributed by atoms with van der Waals surface area (Å²) >= 11 is 0. The third-order valence-electron chi connectivity index (χ3n) is 10.4. The van der Waals surface area contributed by atoms with Gasteiger partial charge in [-0.05, 0) is 72.5 Å². The average molecular weight is 666 g/mol. The summed E-state index contributed by atoms with van der Waals surface area (Å²) in [5.41, 5.74) is 15.1. The molecule has 0 atom stereocenters. The van der Waals surface area contributed by atoms with E-state index in [-0.39, 0.29) is 0 Å². The van der Waals surface area contributed by atoms with E-state index < -0.39 is 0 Å². The maximum Gasteiger partial charge on any atom is 0.0730 e. The van der Waals surface area contributed by atoms with Gasteiger partial charge in [0.25, 0.3) is 0 Å². The summed E-state index contributed by atoms with van der Waals surface area (Å²) in [5, 5.41) is 3.74. The Balaban J connectivity index is 1.17. The maximum atomic E-state index is 5.16. The van der Waals surface area contributed by atoms with Crippen LogP contribution in [0.2, 0.25) is 0 Å². The number of pyridine rings is 1. The topological polar surface area (TPSA) is 22.8 Å². The molecule has 0 spiro atoms. The van der Waals surface area contributed by atoms with Crippen LogP contribution in [-0.2, 0) is 6.42 Å². The van der Waals surface area contributed by atoms with Crippen LogP contribution in [0, 0.1) is 0 Å². The smallest absolute Gasteiger partial charge is 0.0730 e. The van der Waals surface area contributed by atoms with Crippen molar-refractivity contribution in [1.29, 1.82) is 0 Å². The minimum Gasteiger partial charge on any atom is -0.313 e. The lowest BCUT2D eigenvalue weighted by Gasteiger charge is -2.13. The highest BCUT2D eigenvalue weighted by Crippen LogP contribution is 2.39. The third kappa shape index (κ3) is 5.09. The number of aromatic nitrogens is 3. The molecule has 0 unspecified atom stereocenters. The van der Waals surface area contributed by atoms with E-state index in [9.17, 15) is 0 Å².